The van der Waals surface area contributed by atoms with Gasteiger partial charge in [-0.25, -0.2) is 13.9 Å². The van der Waals surface area contributed by atoms with Crippen LogP contribution in [0.3, 0.4) is 0 Å². The number of thiophene rings is 1. The Morgan fingerprint density at radius 3 is 2.96 bits per heavy atom. The Kier molecular flexibility index (Phi) is 4.80. The molecule has 0 saturated carbocycles. The smallest absolute Gasteiger partial charge is 0.315 e. The van der Waals surface area contributed by atoms with E-state index in [0.717, 1.165) is 15.6 Å². The minimum Gasteiger partial charge on any atom is -0.336 e. The van der Waals surface area contributed by atoms with Gasteiger partial charge in [0.1, 0.15) is 11.3 Å². The summed E-state index contributed by atoms with van der Waals surface area (Å²) in [6.45, 7) is 0.787. The summed E-state index contributed by atoms with van der Waals surface area (Å²) in [5.74, 6) is -0.509. The number of carbonyl (C=O) groups excluding carboxylic acids is 1. The lowest BCUT2D eigenvalue weighted by atomic mass is 10.2. The van der Waals surface area contributed by atoms with Crippen molar-refractivity contribution in [2.45, 2.75) is 13.1 Å². The number of carbonyl (C=O) groups is 1. The number of urea groups is 1. The summed E-state index contributed by atoms with van der Waals surface area (Å²) in [6.07, 6.45) is 0. The first kappa shape index (κ1) is 16.1. The summed E-state index contributed by atoms with van der Waals surface area (Å²) < 4.78 is 14.3. The zero-order chi connectivity index (χ0) is 16.9. The lowest BCUT2D eigenvalue weighted by molar-refractivity contribution is 0.240. The Labute approximate surface area is 140 Å². The quantitative estimate of drug-likeness (QED) is 0.732. The molecule has 2 amide bonds. The fraction of sp³-hybridized carbons (Fsp3) is 0.200. The van der Waals surface area contributed by atoms with Crippen molar-refractivity contribution in [1.29, 1.82) is 0 Å². The van der Waals surface area contributed by atoms with Gasteiger partial charge in [0, 0.05) is 11.4 Å². The molecule has 0 aliphatic rings. The molecule has 24 heavy (non-hydrogen) atoms. The van der Waals surface area contributed by atoms with E-state index >= 15 is 0 Å². The van der Waals surface area contributed by atoms with E-state index in [-0.39, 0.29) is 24.5 Å². The standard InChI is InChI=1S/C15H14FN5O2S/c16-10-3-4-13-12(8-10)14(22)21(20-19-13)6-5-17-15(23)18-9-11-2-1-7-24-11/h1-4,7-8H,5-6,9H2,(H2,17,18,23). The van der Waals surface area contributed by atoms with Crippen LogP contribution in [0, 0.1) is 5.82 Å². The third-order valence-corrected chi connectivity index (χ3v) is 4.17. The second-order valence-electron chi connectivity index (χ2n) is 4.97. The van der Waals surface area contributed by atoms with E-state index in [1.807, 2.05) is 17.5 Å². The number of amides is 2. The van der Waals surface area contributed by atoms with Crippen LogP contribution in [-0.4, -0.2) is 27.6 Å². The summed E-state index contributed by atoms with van der Waals surface area (Å²) in [5, 5.41) is 15.1. The molecule has 3 aromatic rings. The molecule has 9 heteroatoms. The molecule has 0 spiro atoms. The molecule has 0 bridgehead atoms. The molecule has 0 aliphatic heterocycles. The highest BCUT2D eigenvalue weighted by atomic mass is 32.1. The van der Waals surface area contributed by atoms with Gasteiger partial charge in [-0.3, -0.25) is 4.79 Å². The highest BCUT2D eigenvalue weighted by Crippen LogP contribution is 2.08. The fourth-order valence-corrected chi connectivity index (χ4v) is 2.76. The molecule has 0 atom stereocenters. The van der Waals surface area contributed by atoms with Crippen LogP contribution in [0.5, 0.6) is 0 Å². The maximum atomic E-state index is 13.2. The van der Waals surface area contributed by atoms with Gasteiger partial charge < -0.3 is 10.6 Å². The maximum Gasteiger partial charge on any atom is 0.315 e. The number of aromatic nitrogens is 3. The fourth-order valence-electron chi connectivity index (χ4n) is 2.11. The van der Waals surface area contributed by atoms with Crippen molar-refractivity contribution in [3.8, 4) is 0 Å². The van der Waals surface area contributed by atoms with Gasteiger partial charge in [0.2, 0.25) is 0 Å². The van der Waals surface area contributed by atoms with Gasteiger partial charge in [-0.2, -0.15) is 0 Å². The number of hydrogen-bond acceptors (Lipinski definition) is 5. The lowest BCUT2D eigenvalue weighted by Crippen LogP contribution is -2.38. The second kappa shape index (κ2) is 7.18. The van der Waals surface area contributed by atoms with Gasteiger partial charge >= 0.3 is 6.03 Å². The number of halogens is 1. The average molecular weight is 347 g/mol. The lowest BCUT2D eigenvalue weighted by Gasteiger charge is -2.08. The minimum absolute atomic E-state index is 0.144. The Hall–Kier alpha value is -2.81. The van der Waals surface area contributed by atoms with Gasteiger partial charge in [0.25, 0.3) is 5.56 Å². The van der Waals surface area contributed by atoms with Crippen molar-refractivity contribution >= 4 is 28.3 Å². The van der Waals surface area contributed by atoms with E-state index in [9.17, 15) is 14.0 Å². The molecule has 2 N–H and O–H groups in total. The van der Waals surface area contributed by atoms with Crippen molar-refractivity contribution in [2.24, 2.45) is 0 Å². The summed E-state index contributed by atoms with van der Waals surface area (Å²) >= 11 is 1.55. The third kappa shape index (κ3) is 3.74. The predicted molar refractivity (Wildman–Crippen MR) is 88.3 cm³/mol. The number of fused-ring (bicyclic) bond motifs is 1. The largest absolute Gasteiger partial charge is 0.336 e. The second-order valence-corrected chi connectivity index (χ2v) is 6.00. The molecule has 0 saturated heterocycles. The molecule has 0 aliphatic carbocycles. The van der Waals surface area contributed by atoms with Gasteiger partial charge in [-0.15, -0.1) is 16.4 Å². The summed E-state index contributed by atoms with van der Waals surface area (Å²) in [6, 6.07) is 7.25. The van der Waals surface area contributed by atoms with E-state index in [4.69, 9.17) is 0 Å². The molecule has 1 aromatic carbocycles. The highest BCUT2D eigenvalue weighted by Gasteiger charge is 2.07. The van der Waals surface area contributed by atoms with Crippen molar-refractivity contribution in [2.75, 3.05) is 6.54 Å². The van der Waals surface area contributed by atoms with Crippen molar-refractivity contribution in [1.82, 2.24) is 25.6 Å². The SMILES string of the molecule is O=C(NCCn1nnc2ccc(F)cc2c1=O)NCc1cccs1. The highest BCUT2D eigenvalue weighted by molar-refractivity contribution is 7.09. The molecule has 0 fully saturated rings. The Bertz CT molecular complexity index is 910. The summed E-state index contributed by atoms with van der Waals surface area (Å²) in [7, 11) is 0. The van der Waals surface area contributed by atoms with E-state index < -0.39 is 11.4 Å². The summed E-state index contributed by atoms with van der Waals surface area (Å²) in [5.41, 5.74) is -0.111. The molecular formula is C15H14FN5O2S. The first-order chi connectivity index (χ1) is 11.6. The molecular weight excluding hydrogens is 333 g/mol. The Morgan fingerprint density at radius 1 is 1.29 bits per heavy atom. The average Bonchev–Trinajstić information content (AvgIpc) is 3.09. The van der Waals surface area contributed by atoms with Gasteiger partial charge in [-0.05, 0) is 29.6 Å². The van der Waals surface area contributed by atoms with Gasteiger partial charge in [0.15, 0.2) is 0 Å². The van der Waals surface area contributed by atoms with Crippen LogP contribution in [0.4, 0.5) is 9.18 Å². The predicted octanol–water partition coefficient (Wildman–Crippen LogP) is 1.49. The molecule has 7 nitrogen and oxygen atoms in total. The number of rotatable bonds is 5. The maximum absolute atomic E-state index is 13.2. The van der Waals surface area contributed by atoms with Gasteiger partial charge in [0.05, 0.1) is 18.5 Å². The molecule has 3 rings (SSSR count). The molecule has 2 heterocycles. The number of benzene rings is 1. The minimum atomic E-state index is -0.509. The van der Waals surface area contributed by atoms with Crippen LogP contribution in [0.25, 0.3) is 10.9 Å². The number of nitrogens with one attached hydrogen (secondary N) is 2. The molecule has 0 radical (unpaired) electrons. The van der Waals surface area contributed by atoms with E-state index in [1.54, 1.807) is 11.3 Å². The summed E-state index contributed by atoms with van der Waals surface area (Å²) in [4.78, 5) is 24.9. The van der Waals surface area contributed by atoms with Gasteiger partial charge in [-0.1, -0.05) is 11.3 Å². The van der Waals surface area contributed by atoms with Crippen molar-refractivity contribution in [3.63, 3.8) is 0 Å². The molecule has 0 unspecified atom stereocenters. The van der Waals surface area contributed by atoms with Crippen LogP contribution in [-0.2, 0) is 13.1 Å². The van der Waals surface area contributed by atoms with E-state index in [2.05, 4.69) is 20.9 Å². The zero-order valence-corrected chi connectivity index (χ0v) is 13.3. The zero-order valence-electron chi connectivity index (χ0n) is 12.5. The van der Waals surface area contributed by atoms with Crippen LogP contribution in [0.1, 0.15) is 4.88 Å². The first-order valence-corrected chi connectivity index (χ1v) is 8.08. The molecule has 2 aromatic heterocycles. The van der Waals surface area contributed by atoms with E-state index in [0.29, 0.717) is 12.1 Å². The number of hydrogen-bond donors (Lipinski definition) is 2. The Balaban J connectivity index is 1.56. The van der Waals surface area contributed by atoms with Crippen LogP contribution in [0.2, 0.25) is 0 Å². The molecule has 124 valence electrons. The van der Waals surface area contributed by atoms with E-state index in [1.165, 1.54) is 12.1 Å². The topological polar surface area (TPSA) is 88.9 Å². The normalized spacial score (nSPS) is 10.7. The number of nitrogens with zero attached hydrogens (tertiary/aromatic N) is 3. The monoisotopic (exact) mass is 347 g/mol. The van der Waals surface area contributed by atoms with Crippen LogP contribution >= 0.6 is 11.3 Å². The third-order valence-electron chi connectivity index (χ3n) is 3.30. The van der Waals surface area contributed by atoms with Crippen LogP contribution in [0.15, 0.2) is 40.5 Å². The van der Waals surface area contributed by atoms with Crippen molar-refractivity contribution in [3.05, 3.63) is 56.8 Å². The van der Waals surface area contributed by atoms with Crippen LogP contribution < -0.4 is 16.2 Å². The Morgan fingerprint density at radius 2 is 2.17 bits per heavy atom. The van der Waals surface area contributed by atoms with Crippen molar-refractivity contribution < 1.29 is 9.18 Å². The first-order valence-electron chi connectivity index (χ1n) is 7.20.